The molecule has 5 heteroatoms. The molecular weight excluding hydrogens is 178 g/mol. The number of nitrogens with zero attached hydrogens (tertiary/aromatic N) is 4. The van der Waals surface area contributed by atoms with E-state index in [9.17, 15) is 0 Å². The maximum atomic E-state index is 5.67. The molecule has 2 rings (SSSR count). The second kappa shape index (κ2) is 3.97. The molecule has 0 spiro atoms. The fourth-order valence-electron chi connectivity index (χ4n) is 1.32. The summed E-state index contributed by atoms with van der Waals surface area (Å²) >= 11 is 0. The lowest BCUT2D eigenvalue weighted by atomic mass is 10.2. The first-order chi connectivity index (χ1) is 6.92. The maximum absolute atomic E-state index is 5.67. The van der Waals surface area contributed by atoms with Crippen molar-refractivity contribution in [3.8, 4) is 0 Å². The molecule has 0 saturated heterocycles. The molecule has 0 aliphatic carbocycles. The smallest absolute Gasteiger partial charge is 0.137 e. The Hall–Kier alpha value is -1.75. The second-order valence-electron chi connectivity index (χ2n) is 2.88. The summed E-state index contributed by atoms with van der Waals surface area (Å²) in [4.78, 5) is 8.12. The minimum atomic E-state index is -0.0290. The van der Waals surface area contributed by atoms with Gasteiger partial charge in [0.15, 0.2) is 0 Å². The largest absolute Gasteiger partial charge is 0.328 e. The zero-order chi connectivity index (χ0) is 9.80. The van der Waals surface area contributed by atoms with Gasteiger partial charge in [0.1, 0.15) is 18.7 Å². The fourth-order valence-corrected chi connectivity index (χ4v) is 1.32. The molecule has 0 fully saturated rings. The van der Waals surface area contributed by atoms with Crippen molar-refractivity contribution >= 4 is 0 Å². The van der Waals surface area contributed by atoms with Gasteiger partial charge in [-0.05, 0) is 12.1 Å². The van der Waals surface area contributed by atoms with E-state index in [4.69, 9.17) is 5.73 Å². The molecule has 72 valence electrons. The van der Waals surface area contributed by atoms with Gasteiger partial charge in [-0.25, -0.2) is 9.67 Å². The van der Waals surface area contributed by atoms with Crippen LogP contribution in [-0.4, -0.2) is 26.3 Å². The quantitative estimate of drug-likeness (QED) is 0.750. The molecule has 0 aliphatic rings. The third-order valence-corrected chi connectivity index (χ3v) is 2.01. The van der Waals surface area contributed by atoms with Crippen molar-refractivity contribution < 1.29 is 0 Å². The monoisotopic (exact) mass is 189 g/mol. The van der Waals surface area contributed by atoms with Crippen LogP contribution in [0.1, 0.15) is 11.7 Å². The Labute approximate surface area is 81.6 Å². The van der Waals surface area contributed by atoms with E-state index in [1.165, 1.54) is 6.33 Å². The van der Waals surface area contributed by atoms with Gasteiger partial charge in [-0.2, -0.15) is 5.10 Å². The van der Waals surface area contributed by atoms with E-state index >= 15 is 0 Å². The number of pyridine rings is 1. The predicted octanol–water partition coefficient (Wildman–Crippen LogP) is 0.221. The van der Waals surface area contributed by atoms with Crippen molar-refractivity contribution in [3.63, 3.8) is 0 Å². The highest BCUT2D eigenvalue weighted by atomic mass is 15.3. The zero-order valence-electron chi connectivity index (χ0n) is 7.61. The first-order valence-corrected chi connectivity index (χ1v) is 4.37. The Kier molecular flexibility index (Phi) is 2.51. The molecule has 1 atom stereocenters. The van der Waals surface area contributed by atoms with Crippen LogP contribution in [0.15, 0.2) is 37.1 Å². The van der Waals surface area contributed by atoms with Crippen molar-refractivity contribution in [1.29, 1.82) is 0 Å². The van der Waals surface area contributed by atoms with Crippen molar-refractivity contribution in [2.75, 3.05) is 6.54 Å². The summed E-state index contributed by atoms with van der Waals surface area (Å²) < 4.78 is 1.71. The van der Waals surface area contributed by atoms with E-state index in [1.54, 1.807) is 17.2 Å². The summed E-state index contributed by atoms with van der Waals surface area (Å²) in [5, 5.41) is 4.05. The lowest BCUT2D eigenvalue weighted by molar-refractivity contribution is 0.518. The SMILES string of the molecule is NCC(c1ccccn1)n1cncn1. The van der Waals surface area contributed by atoms with E-state index in [0.717, 1.165) is 5.69 Å². The topological polar surface area (TPSA) is 69.6 Å². The third kappa shape index (κ3) is 1.62. The Balaban J connectivity index is 2.31. The van der Waals surface area contributed by atoms with E-state index in [1.807, 2.05) is 18.2 Å². The van der Waals surface area contributed by atoms with Gasteiger partial charge in [0, 0.05) is 12.7 Å². The van der Waals surface area contributed by atoms with Gasteiger partial charge in [-0.15, -0.1) is 0 Å². The van der Waals surface area contributed by atoms with Crippen LogP contribution in [0.5, 0.6) is 0 Å². The first kappa shape index (κ1) is 8.83. The molecule has 0 aliphatic heterocycles. The van der Waals surface area contributed by atoms with Crippen LogP contribution < -0.4 is 5.73 Å². The highest BCUT2D eigenvalue weighted by Gasteiger charge is 2.12. The van der Waals surface area contributed by atoms with Crippen LogP contribution in [0.2, 0.25) is 0 Å². The summed E-state index contributed by atoms with van der Waals surface area (Å²) in [6.45, 7) is 0.459. The van der Waals surface area contributed by atoms with E-state index in [-0.39, 0.29) is 6.04 Å². The zero-order valence-corrected chi connectivity index (χ0v) is 7.61. The van der Waals surface area contributed by atoms with Crippen LogP contribution in [-0.2, 0) is 0 Å². The summed E-state index contributed by atoms with van der Waals surface area (Å²) in [5.41, 5.74) is 6.57. The predicted molar refractivity (Wildman–Crippen MR) is 51.5 cm³/mol. The maximum Gasteiger partial charge on any atom is 0.137 e. The van der Waals surface area contributed by atoms with Gasteiger partial charge >= 0.3 is 0 Å². The van der Waals surface area contributed by atoms with Crippen LogP contribution >= 0.6 is 0 Å². The number of rotatable bonds is 3. The minimum Gasteiger partial charge on any atom is -0.328 e. The van der Waals surface area contributed by atoms with Crippen molar-refractivity contribution in [3.05, 3.63) is 42.7 Å². The fraction of sp³-hybridized carbons (Fsp3) is 0.222. The highest BCUT2D eigenvalue weighted by molar-refractivity contribution is 5.09. The first-order valence-electron chi connectivity index (χ1n) is 4.37. The molecule has 5 nitrogen and oxygen atoms in total. The average molecular weight is 189 g/mol. The molecule has 1 unspecified atom stereocenters. The van der Waals surface area contributed by atoms with Gasteiger partial charge in [0.2, 0.25) is 0 Å². The lowest BCUT2D eigenvalue weighted by Crippen LogP contribution is -2.21. The molecule has 2 heterocycles. The van der Waals surface area contributed by atoms with Gasteiger partial charge in [0.25, 0.3) is 0 Å². The Bertz CT molecular complexity index is 369. The van der Waals surface area contributed by atoms with Gasteiger partial charge in [-0.3, -0.25) is 4.98 Å². The Morgan fingerprint density at radius 1 is 1.43 bits per heavy atom. The van der Waals surface area contributed by atoms with Crippen LogP contribution in [0.4, 0.5) is 0 Å². The number of hydrogen-bond acceptors (Lipinski definition) is 4. The Morgan fingerprint density at radius 2 is 2.36 bits per heavy atom. The molecule has 2 N–H and O–H groups in total. The van der Waals surface area contributed by atoms with Gasteiger partial charge in [-0.1, -0.05) is 6.07 Å². The average Bonchev–Trinajstić information content (AvgIpc) is 2.74. The number of nitrogens with two attached hydrogens (primary N) is 1. The van der Waals surface area contributed by atoms with Crippen molar-refractivity contribution in [2.24, 2.45) is 5.73 Å². The molecule has 0 radical (unpaired) electrons. The standard InChI is InChI=1S/C9H11N5/c10-5-9(14-7-11-6-13-14)8-3-1-2-4-12-8/h1-4,6-7,9H,5,10H2. The number of hydrogen-bond donors (Lipinski definition) is 1. The highest BCUT2D eigenvalue weighted by Crippen LogP contribution is 2.11. The molecule has 0 amide bonds. The summed E-state index contributed by atoms with van der Waals surface area (Å²) in [6, 6.07) is 5.71. The van der Waals surface area contributed by atoms with Crippen LogP contribution in [0, 0.1) is 0 Å². The minimum absolute atomic E-state index is 0.0290. The molecule has 2 aromatic rings. The number of aromatic nitrogens is 4. The Morgan fingerprint density at radius 3 is 2.93 bits per heavy atom. The van der Waals surface area contributed by atoms with E-state index < -0.39 is 0 Å². The van der Waals surface area contributed by atoms with E-state index in [2.05, 4.69) is 15.1 Å². The summed E-state index contributed by atoms with van der Waals surface area (Å²) in [7, 11) is 0. The summed E-state index contributed by atoms with van der Waals surface area (Å²) in [6.07, 6.45) is 4.88. The van der Waals surface area contributed by atoms with E-state index in [0.29, 0.717) is 6.54 Å². The summed E-state index contributed by atoms with van der Waals surface area (Å²) in [5.74, 6) is 0. The van der Waals surface area contributed by atoms with Gasteiger partial charge in [0.05, 0.1) is 5.69 Å². The van der Waals surface area contributed by atoms with Crippen LogP contribution in [0.3, 0.4) is 0 Å². The molecule has 2 aromatic heterocycles. The molecule has 0 saturated carbocycles. The molecule has 14 heavy (non-hydrogen) atoms. The second-order valence-corrected chi connectivity index (χ2v) is 2.88. The van der Waals surface area contributed by atoms with Crippen molar-refractivity contribution in [1.82, 2.24) is 19.7 Å². The lowest BCUT2D eigenvalue weighted by Gasteiger charge is -2.13. The molecular formula is C9H11N5. The van der Waals surface area contributed by atoms with Crippen molar-refractivity contribution in [2.45, 2.75) is 6.04 Å². The van der Waals surface area contributed by atoms with Crippen LogP contribution in [0.25, 0.3) is 0 Å². The van der Waals surface area contributed by atoms with Gasteiger partial charge < -0.3 is 5.73 Å². The molecule has 0 bridgehead atoms. The normalized spacial score (nSPS) is 12.6. The third-order valence-electron chi connectivity index (χ3n) is 2.01. The molecule has 0 aromatic carbocycles.